The van der Waals surface area contributed by atoms with E-state index in [4.69, 9.17) is 0 Å². The molecule has 0 bridgehead atoms. The highest BCUT2D eigenvalue weighted by Gasteiger charge is 2.21. The van der Waals surface area contributed by atoms with Crippen molar-refractivity contribution in [2.24, 2.45) is 5.10 Å². The monoisotopic (exact) mass is 272 g/mol. The minimum atomic E-state index is 0.892. The zero-order chi connectivity index (χ0) is 12.7. The second kappa shape index (κ2) is 4.56. The van der Waals surface area contributed by atoms with E-state index >= 15 is 0 Å². The average Bonchev–Trinajstić information content (AvgIpc) is 3.12. The Kier molecular flexibility index (Phi) is 2.72. The van der Waals surface area contributed by atoms with Crippen LogP contribution in [0.15, 0.2) is 11.4 Å². The summed E-state index contributed by atoms with van der Waals surface area (Å²) >= 11 is 1.82. The maximum atomic E-state index is 4.53. The van der Waals surface area contributed by atoms with E-state index in [1.54, 1.807) is 6.33 Å². The molecule has 98 valence electrons. The summed E-state index contributed by atoms with van der Waals surface area (Å²) in [6.07, 6.45) is 10.1. The number of nitrogens with zero attached hydrogens (tertiary/aromatic N) is 3. The lowest BCUT2D eigenvalue weighted by atomic mass is 10.2. The molecule has 4 nitrogen and oxygen atoms in total. The number of fused-ring (bicyclic) bond motifs is 3. The number of thiophene rings is 1. The highest BCUT2D eigenvalue weighted by atomic mass is 32.1. The number of hydrazone groups is 1. The summed E-state index contributed by atoms with van der Waals surface area (Å²) in [5.74, 6) is 0.892. The molecule has 4 rings (SSSR count). The van der Waals surface area contributed by atoms with Gasteiger partial charge in [0, 0.05) is 10.6 Å². The molecular weight excluding hydrogens is 256 g/mol. The molecule has 2 heterocycles. The van der Waals surface area contributed by atoms with Gasteiger partial charge in [-0.2, -0.15) is 5.10 Å². The van der Waals surface area contributed by atoms with Crippen LogP contribution in [0.5, 0.6) is 0 Å². The van der Waals surface area contributed by atoms with E-state index in [1.807, 2.05) is 11.3 Å². The number of anilines is 1. The first-order valence-electron chi connectivity index (χ1n) is 6.98. The molecule has 0 aliphatic heterocycles. The molecule has 19 heavy (non-hydrogen) atoms. The van der Waals surface area contributed by atoms with Crippen LogP contribution in [0.1, 0.15) is 42.5 Å². The molecule has 2 aromatic rings. The third kappa shape index (κ3) is 1.92. The molecule has 1 fully saturated rings. The summed E-state index contributed by atoms with van der Waals surface area (Å²) in [6, 6.07) is 0. The summed E-state index contributed by atoms with van der Waals surface area (Å²) in [5.41, 5.74) is 5.92. The van der Waals surface area contributed by atoms with Crippen LogP contribution in [-0.4, -0.2) is 15.7 Å². The normalized spacial score (nSPS) is 18.0. The van der Waals surface area contributed by atoms with Gasteiger partial charge >= 0.3 is 0 Å². The zero-order valence-corrected chi connectivity index (χ0v) is 11.6. The van der Waals surface area contributed by atoms with E-state index in [2.05, 4.69) is 20.5 Å². The fourth-order valence-corrected chi connectivity index (χ4v) is 4.27. The van der Waals surface area contributed by atoms with Crippen molar-refractivity contribution in [1.29, 1.82) is 0 Å². The standard InChI is InChI=1S/C14H16N4S/c1-2-5-9(4-1)17-18-13-12-10-6-3-7-11(10)19-14(12)16-8-15-13/h8H,1-7H2,(H,15,16,18). The molecule has 0 aromatic carbocycles. The van der Waals surface area contributed by atoms with Crippen LogP contribution in [-0.2, 0) is 12.8 Å². The summed E-state index contributed by atoms with van der Waals surface area (Å²) in [4.78, 5) is 11.4. The minimum absolute atomic E-state index is 0.892. The molecule has 2 aliphatic carbocycles. The number of aromatic nitrogens is 2. The topological polar surface area (TPSA) is 50.2 Å². The highest BCUT2D eigenvalue weighted by molar-refractivity contribution is 7.19. The highest BCUT2D eigenvalue weighted by Crippen LogP contribution is 2.39. The molecule has 0 amide bonds. The lowest BCUT2D eigenvalue weighted by Crippen LogP contribution is -1.99. The Morgan fingerprint density at radius 1 is 1.05 bits per heavy atom. The van der Waals surface area contributed by atoms with Crippen LogP contribution in [0.4, 0.5) is 5.82 Å². The average molecular weight is 272 g/mol. The van der Waals surface area contributed by atoms with Crippen LogP contribution in [0, 0.1) is 0 Å². The number of hydrogen-bond acceptors (Lipinski definition) is 5. The van der Waals surface area contributed by atoms with Crippen molar-refractivity contribution in [3.8, 4) is 0 Å². The van der Waals surface area contributed by atoms with Crippen LogP contribution in [0.25, 0.3) is 10.2 Å². The summed E-state index contributed by atoms with van der Waals surface area (Å²) in [5, 5.41) is 5.74. The van der Waals surface area contributed by atoms with E-state index in [0.717, 1.165) is 29.9 Å². The Morgan fingerprint density at radius 2 is 1.95 bits per heavy atom. The van der Waals surface area contributed by atoms with Gasteiger partial charge in [0.1, 0.15) is 11.2 Å². The number of rotatable bonds is 2. The quantitative estimate of drug-likeness (QED) is 0.851. The van der Waals surface area contributed by atoms with Gasteiger partial charge in [0.25, 0.3) is 0 Å². The van der Waals surface area contributed by atoms with Gasteiger partial charge in [0.05, 0.1) is 5.39 Å². The molecular formula is C14H16N4S. The Balaban J connectivity index is 1.74. The second-order valence-electron chi connectivity index (χ2n) is 5.26. The zero-order valence-electron chi connectivity index (χ0n) is 10.8. The predicted octanol–water partition coefficient (Wildman–Crippen LogP) is 3.52. The van der Waals surface area contributed by atoms with Crippen molar-refractivity contribution in [1.82, 2.24) is 9.97 Å². The Hall–Kier alpha value is -1.49. The van der Waals surface area contributed by atoms with Crippen molar-refractivity contribution in [3.05, 3.63) is 16.8 Å². The molecule has 5 heteroatoms. The SMILES string of the molecule is c1nc(NN=C2CCCC2)c2c3c(sc2n1)CCC3. The van der Waals surface area contributed by atoms with Crippen LogP contribution in [0.2, 0.25) is 0 Å². The first-order valence-corrected chi connectivity index (χ1v) is 7.80. The molecule has 0 spiro atoms. The first kappa shape index (κ1) is 11.3. The predicted molar refractivity (Wildman–Crippen MR) is 79.0 cm³/mol. The van der Waals surface area contributed by atoms with Crippen LogP contribution in [0.3, 0.4) is 0 Å². The maximum Gasteiger partial charge on any atom is 0.158 e. The smallest absolute Gasteiger partial charge is 0.158 e. The summed E-state index contributed by atoms with van der Waals surface area (Å²) in [7, 11) is 0. The van der Waals surface area contributed by atoms with Crippen molar-refractivity contribution in [2.75, 3.05) is 5.43 Å². The van der Waals surface area contributed by atoms with E-state index in [9.17, 15) is 0 Å². The van der Waals surface area contributed by atoms with Gasteiger partial charge < -0.3 is 0 Å². The molecule has 1 saturated carbocycles. The van der Waals surface area contributed by atoms with E-state index in [1.165, 1.54) is 47.2 Å². The van der Waals surface area contributed by atoms with E-state index in [-0.39, 0.29) is 0 Å². The third-order valence-corrected chi connectivity index (χ3v) is 5.20. The van der Waals surface area contributed by atoms with E-state index in [0.29, 0.717) is 0 Å². The lowest BCUT2D eigenvalue weighted by molar-refractivity contribution is 0.886. The molecule has 0 unspecified atom stereocenters. The summed E-state index contributed by atoms with van der Waals surface area (Å²) in [6.45, 7) is 0. The first-order chi connectivity index (χ1) is 9.42. The molecule has 0 atom stereocenters. The van der Waals surface area contributed by atoms with Crippen molar-refractivity contribution in [3.63, 3.8) is 0 Å². The largest absolute Gasteiger partial charge is 0.261 e. The van der Waals surface area contributed by atoms with Gasteiger partial charge in [0.2, 0.25) is 0 Å². The Labute approximate surface area is 116 Å². The number of hydrogen-bond donors (Lipinski definition) is 1. The van der Waals surface area contributed by atoms with Gasteiger partial charge in [-0.25, -0.2) is 9.97 Å². The van der Waals surface area contributed by atoms with Crippen LogP contribution >= 0.6 is 11.3 Å². The fraction of sp³-hybridized carbons (Fsp3) is 0.500. The number of aryl methyl sites for hydroxylation is 2. The summed E-state index contributed by atoms with van der Waals surface area (Å²) < 4.78 is 0. The fourth-order valence-electron chi connectivity index (χ4n) is 3.04. The Bertz CT molecular complexity index is 651. The molecule has 0 saturated heterocycles. The number of nitrogens with one attached hydrogen (secondary N) is 1. The van der Waals surface area contributed by atoms with Crippen LogP contribution < -0.4 is 5.43 Å². The van der Waals surface area contributed by atoms with Gasteiger partial charge in [-0.15, -0.1) is 11.3 Å². The minimum Gasteiger partial charge on any atom is -0.261 e. The van der Waals surface area contributed by atoms with Gasteiger partial charge in [-0.05, 0) is 50.5 Å². The maximum absolute atomic E-state index is 4.53. The van der Waals surface area contributed by atoms with Crippen molar-refractivity contribution >= 4 is 33.1 Å². The van der Waals surface area contributed by atoms with Crippen molar-refractivity contribution < 1.29 is 0 Å². The van der Waals surface area contributed by atoms with Gasteiger partial charge in [-0.1, -0.05) is 0 Å². The Morgan fingerprint density at radius 3 is 2.84 bits per heavy atom. The molecule has 2 aromatic heterocycles. The molecule has 1 N–H and O–H groups in total. The van der Waals surface area contributed by atoms with Gasteiger partial charge in [0.15, 0.2) is 5.82 Å². The van der Waals surface area contributed by atoms with Crippen molar-refractivity contribution in [2.45, 2.75) is 44.9 Å². The molecule has 0 radical (unpaired) electrons. The van der Waals surface area contributed by atoms with E-state index < -0.39 is 0 Å². The lowest BCUT2D eigenvalue weighted by Gasteiger charge is -2.03. The molecule has 2 aliphatic rings. The third-order valence-electron chi connectivity index (χ3n) is 4.00. The van der Waals surface area contributed by atoms with Gasteiger partial charge in [-0.3, -0.25) is 5.43 Å². The second-order valence-corrected chi connectivity index (χ2v) is 6.34.